The summed E-state index contributed by atoms with van der Waals surface area (Å²) in [7, 11) is 0. The topological polar surface area (TPSA) is 66.6 Å². The number of carboxylic acids is 1. The molecule has 104 valence electrons. The Balaban J connectivity index is 1.82. The lowest BCUT2D eigenvalue weighted by atomic mass is 9.96. The maximum atomic E-state index is 10.9. The number of hydrogen-bond acceptors (Lipinski definition) is 3. The molecule has 4 heteroatoms. The van der Waals surface area contributed by atoms with Crippen LogP contribution in [0.3, 0.4) is 0 Å². The molecule has 0 amide bonds. The zero-order valence-corrected chi connectivity index (χ0v) is 11.4. The quantitative estimate of drug-likeness (QED) is 0.846. The first-order valence-electron chi connectivity index (χ1n) is 6.80. The van der Waals surface area contributed by atoms with E-state index >= 15 is 0 Å². The summed E-state index contributed by atoms with van der Waals surface area (Å²) in [6.07, 6.45) is 2.41. The minimum Gasteiger partial charge on any atom is -0.480 e. The van der Waals surface area contributed by atoms with Crippen molar-refractivity contribution >= 4 is 5.97 Å². The molecule has 1 heterocycles. The zero-order valence-electron chi connectivity index (χ0n) is 11.4. The summed E-state index contributed by atoms with van der Waals surface area (Å²) in [5, 5.41) is 8.97. The van der Waals surface area contributed by atoms with Gasteiger partial charge in [0.25, 0.3) is 0 Å². The number of fused-ring (bicyclic) bond motifs is 1. The van der Waals surface area contributed by atoms with E-state index in [1.165, 1.54) is 11.1 Å². The van der Waals surface area contributed by atoms with E-state index in [0.717, 1.165) is 32.5 Å². The molecule has 1 aliphatic rings. The third kappa shape index (κ3) is 3.55. The summed E-state index contributed by atoms with van der Waals surface area (Å²) >= 11 is 0. The zero-order chi connectivity index (χ0) is 13.9. The number of carbonyl (C=O) groups is 1. The second-order valence-corrected chi connectivity index (χ2v) is 5.62. The molecule has 2 rings (SSSR count). The van der Waals surface area contributed by atoms with E-state index in [-0.39, 0.29) is 0 Å². The Labute approximate surface area is 114 Å². The molecule has 0 aliphatic carbocycles. The molecule has 0 spiro atoms. The SMILES string of the molecule is CC(N)(CCCN1CCc2ccccc2C1)C(=O)O. The van der Waals surface area contributed by atoms with Gasteiger partial charge in [0.2, 0.25) is 0 Å². The van der Waals surface area contributed by atoms with E-state index in [1.54, 1.807) is 6.92 Å². The van der Waals surface area contributed by atoms with Crippen LogP contribution in [0.2, 0.25) is 0 Å². The van der Waals surface area contributed by atoms with Crippen LogP contribution >= 0.6 is 0 Å². The van der Waals surface area contributed by atoms with Crippen molar-refractivity contribution in [1.29, 1.82) is 0 Å². The lowest BCUT2D eigenvalue weighted by molar-refractivity contribution is -0.142. The number of benzene rings is 1. The molecule has 0 saturated heterocycles. The maximum Gasteiger partial charge on any atom is 0.323 e. The highest BCUT2D eigenvalue weighted by Crippen LogP contribution is 2.19. The Hall–Kier alpha value is -1.39. The fraction of sp³-hybridized carbons (Fsp3) is 0.533. The summed E-state index contributed by atoms with van der Waals surface area (Å²) in [6.45, 7) is 4.51. The number of hydrogen-bond donors (Lipinski definition) is 2. The van der Waals surface area contributed by atoms with Crippen LogP contribution in [0.25, 0.3) is 0 Å². The van der Waals surface area contributed by atoms with Gasteiger partial charge in [0, 0.05) is 13.1 Å². The van der Waals surface area contributed by atoms with Gasteiger partial charge < -0.3 is 10.8 Å². The van der Waals surface area contributed by atoms with Gasteiger partial charge in [0.05, 0.1) is 0 Å². The smallest absolute Gasteiger partial charge is 0.323 e. The molecule has 1 aliphatic heterocycles. The highest BCUT2D eigenvalue weighted by molar-refractivity contribution is 5.77. The minimum absolute atomic E-state index is 0.514. The molecular formula is C15H22N2O2. The van der Waals surface area contributed by atoms with Crippen molar-refractivity contribution in [2.75, 3.05) is 13.1 Å². The lowest BCUT2D eigenvalue weighted by Gasteiger charge is -2.29. The van der Waals surface area contributed by atoms with E-state index in [0.29, 0.717) is 6.42 Å². The van der Waals surface area contributed by atoms with E-state index in [1.807, 2.05) is 0 Å². The summed E-state index contributed by atoms with van der Waals surface area (Å²) in [4.78, 5) is 13.3. The highest BCUT2D eigenvalue weighted by atomic mass is 16.4. The molecule has 0 saturated carbocycles. The third-order valence-electron chi connectivity index (χ3n) is 3.87. The number of aliphatic carboxylic acids is 1. The van der Waals surface area contributed by atoms with Gasteiger partial charge in [-0.3, -0.25) is 9.69 Å². The first kappa shape index (κ1) is 14.0. The van der Waals surface area contributed by atoms with Crippen molar-refractivity contribution in [1.82, 2.24) is 4.90 Å². The Morgan fingerprint density at radius 1 is 1.42 bits per heavy atom. The van der Waals surface area contributed by atoms with Crippen LogP contribution in [0.4, 0.5) is 0 Å². The fourth-order valence-corrected chi connectivity index (χ4v) is 2.52. The van der Waals surface area contributed by atoms with Crippen LogP contribution in [0.5, 0.6) is 0 Å². The monoisotopic (exact) mass is 262 g/mol. The molecule has 19 heavy (non-hydrogen) atoms. The van der Waals surface area contributed by atoms with Gasteiger partial charge in [-0.05, 0) is 43.9 Å². The summed E-state index contributed by atoms with van der Waals surface area (Å²) in [5.74, 6) is -0.920. The van der Waals surface area contributed by atoms with Crippen LogP contribution in [0.1, 0.15) is 30.9 Å². The second-order valence-electron chi connectivity index (χ2n) is 5.62. The van der Waals surface area contributed by atoms with Gasteiger partial charge in [-0.25, -0.2) is 0 Å². The number of nitrogens with zero attached hydrogens (tertiary/aromatic N) is 1. The molecule has 1 aromatic rings. The van der Waals surface area contributed by atoms with Crippen LogP contribution in [-0.2, 0) is 17.8 Å². The standard InChI is InChI=1S/C15H22N2O2/c1-15(16,14(18)19)8-4-9-17-10-7-12-5-2-3-6-13(12)11-17/h2-3,5-6H,4,7-11,16H2,1H3,(H,18,19). The van der Waals surface area contributed by atoms with Crippen LogP contribution in [0.15, 0.2) is 24.3 Å². The summed E-state index contributed by atoms with van der Waals surface area (Å²) < 4.78 is 0. The van der Waals surface area contributed by atoms with E-state index < -0.39 is 11.5 Å². The average molecular weight is 262 g/mol. The predicted molar refractivity (Wildman–Crippen MR) is 74.9 cm³/mol. The van der Waals surface area contributed by atoms with Gasteiger partial charge in [-0.1, -0.05) is 24.3 Å². The lowest BCUT2D eigenvalue weighted by Crippen LogP contribution is -2.45. The largest absolute Gasteiger partial charge is 0.480 e. The minimum atomic E-state index is -1.10. The van der Waals surface area contributed by atoms with Crippen LogP contribution in [-0.4, -0.2) is 34.6 Å². The second kappa shape index (κ2) is 5.72. The van der Waals surface area contributed by atoms with Crippen molar-refractivity contribution in [3.63, 3.8) is 0 Å². The van der Waals surface area contributed by atoms with E-state index in [9.17, 15) is 4.79 Å². The van der Waals surface area contributed by atoms with Gasteiger partial charge >= 0.3 is 5.97 Å². The highest BCUT2D eigenvalue weighted by Gasteiger charge is 2.27. The Bertz CT molecular complexity index is 457. The molecule has 1 atom stereocenters. The molecule has 0 radical (unpaired) electrons. The van der Waals surface area contributed by atoms with E-state index in [2.05, 4.69) is 29.2 Å². The first-order valence-corrected chi connectivity index (χ1v) is 6.80. The first-order chi connectivity index (χ1) is 8.99. The predicted octanol–water partition coefficient (Wildman–Crippen LogP) is 1.63. The maximum absolute atomic E-state index is 10.9. The van der Waals surface area contributed by atoms with Gasteiger partial charge in [0.1, 0.15) is 5.54 Å². The molecule has 0 fully saturated rings. The number of rotatable bonds is 5. The van der Waals surface area contributed by atoms with Crippen molar-refractivity contribution in [2.24, 2.45) is 5.73 Å². The van der Waals surface area contributed by atoms with Crippen molar-refractivity contribution in [2.45, 2.75) is 38.3 Å². The molecular weight excluding hydrogens is 240 g/mol. The number of carboxylic acid groups (broad SMARTS) is 1. The molecule has 3 N–H and O–H groups in total. The average Bonchev–Trinajstić information content (AvgIpc) is 2.38. The molecule has 0 aromatic heterocycles. The molecule has 1 aromatic carbocycles. The van der Waals surface area contributed by atoms with E-state index in [4.69, 9.17) is 10.8 Å². The van der Waals surface area contributed by atoms with Crippen molar-refractivity contribution in [3.05, 3.63) is 35.4 Å². The van der Waals surface area contributed by atoms with Crippen molar-refractivity contribution < 1.29 is 9.90 Å². The third-order valence-corrected chi connectivity index (χ3v) is 3.87. The summed E-state index contributed by atoms with van der Waals surface area (Å²) in [6, 6.07) is 8.52. The molecule has 4 nitrogen and oxygen atoms in total. The fourth-order valence-electron chi connectivity index (χ4n) is 2.52. The van der Waals surface area contributed by atoms with Crippen molar-refractivity contribution in [3.8, 4) is 0 Å². The normalized spacial score (nSPS) is 18.6. The Kier molecular flexibility index (Phi) is 4.22. The number of nitrogens with two attached hydrogens (primary N) is 1. The van der Waals surface area contributed by atoms with Gasteiger partial charge in [-0.15, -0.1) is 0 Å². The Morgan fingerprint density at radius 3 is 2.79 bits per heavy atom. The van der Waals surface area contributed by atoms with Crippen LogP contribution < -0.4 is 5.73 Å². The molecule has 0 bridgehead atoms. The van der Waals surface area contributed by atoms with Gasteiger partial charge in [0.15, 0.2) is 0 Å². The molecule has 1 unspecified atom stereocenters. The Morgan fingerprint density at radius 2 is 2.11 bits per heavy atom. The van der Waals surface area contributed by atoms with Gasteiger partial charge in [-0.2, -0.15) is 0 Å². The van der Waals surface area contributed by atoms with Crippen LogP contribution in [0, 0.1) is 0 Å². The summed E-state index contributed by atoms with van der Waals surface area (Å²) in [5.41, 5.74) is 7.46.